The number of aromatic nitrogens is 4. The fraction of sp³-hybridized carbons (Fsp3) is 0.300. The molecule has 32 heavy (non-hydrogen) atoms. The molecule has 0 atom stereocenters. The Morgan fingerprint density at radius 2 is 2.03 bits per heavy atom. The molecule has 0 saturated carbocycles. The number of nitrogens with zero attached hydrogens (tertiary/aromatic N) is 4. The molecular weight excluding hydrogens is 420 g/mol. The highest BCUT2D eigenvalue weighted by Gasteiger charge is 2.27. The largest absolute Gasteiger partial charge is 0.483 e. The van der Waals surface area contributed by atoms with Crippen molar-refractivity contribution in [1.29, 1.82) is 0 Å². The highest BCUT2D eigenvalue weighted by Crippen LogP contribution is 2.32. The van der Waals surface area contributed by atoms with Gasteiger partial charge in [-0.05, 0) is 38.0 Å². The summed E-state index contributed by atoms with van der Waals surface area (Å²) in [5.41, 5.74) is 2.41. The minimum absolute atomic E-state index is 0.0810. The summed E-state index contributed by atoms with van der Waals surface area (Å²) in [5, 5.41) is 12.2. The molecule has 1 aromatic carbocycles. The molecule has 1 aliphatic rings. The number of amides is 2. The van der Waals surface area contributed by atoms with Gasteiger partial charge in [0.2, 0.25) is 11.9 Å². The number of H-pyrrole nitrogens is 1. The topological polar surface area (TPSA) is 159 Å². The Balaban J connectivity index is 0.000000913. The first-order chi connectivity index (χ1) is 15.3. The first-order valence-electron chi connectivity index (χ1n) is 9.68. The van der Waals surface area contributed by atoms with E-state index in [1.165, 1.54) is 9.42 Å². The molecule has 0 radical (unpaired) electrons. The first-order valence-corrected chi connectivity index (χ1v) is 9.68. The third kappa shape index (κ3) is 4.43. The summed E-state index contributed by atoms with van der Waals surface area (Å²) in [4.78, 5) is 55.5. The van der Waals surface area contributed by atoms with Crippen LogP contribution in [0.2, 0.25) is 0 Å². The van der Waals surface area contributed by atoms with Crippen molar-refractivity contribution >= 4 is 35.7 Å². The van der Waals surface area contributed by atoms with E-state index >= 15 is 0 Å². The molecular formula is C20H22N6O6. The second kappa shape index (κ2) is 9.29. The second-order valence-corrected chi connectivity index (χ2v) is 6.94. The van der Waals surface area contributed by atoms with Crippen molar-refractivity contribution < 1.29 is 24.2 Å². The lowest BCUT2D eigenvalue weighted by atomic mass is 10.1. The Kier molecular flexibility index (Phi) is 6.52. The van der Waals surface area contributed by atoms with Crippen LogP contribution in [0.4, 0.5) is 11.6 Å². The van der Waals surface area contributed by atoms with Gasteiger partial charge >= 0.3 is 0 Å². The van der Waals surface area contributed by atoms with Gasteiger partial charge in [-0.25, -0.2) is 4.98 Å². The van der Waals surface area contributed by atoms with Crippen LogP contribution in [0.5, 0.6) is 5.75 Å². The number of aryl methyl sites for hydroxylation is 2. The highest BCUT2D eigenvalue weighted by molar-refractivity contribution is 6.04. The van der Waals surface area contributed by atoms with Crippen LogP contribution in [0.1, 0.15) is 23.7 Å². The lowest BCUT2D eigenvalue weighted by Crippen LogP contribution is -2.43. The number of rotatable bonds is 4. The summed E-state index contributed by atoms with van der Waals surface area (Å²) in [7, 11) is 0. The second-order valence-electron chi connectivity index (χ2n) is 6.94. The van der Waals surface area contributed by atoms with Gasteiger partial charge in [0.1, 0.15) is 12.3 Å². The predicted molar refractivity (Wildman–Crippen MR) is 114 cm³/mol. The lowest BCUT2D eigenvalue weighted by Gasteiger charge is -2.29. The molecule has 0 fully saturated rings. The Morgan fingerprint density at radius 1 is 1.31 bits per heavy atom. The summed E-state index contributed by atoms with van der Waals surface area (Å²) in [5.74, 6) is 0.0158. The maximum atomic E-state index is 12.6. The molecule has 0 saturated heterocycles. The van der Waals surface area contributed by atoms with E-state index in [2.05, 4.69) is 20.4 Å². The zero-order valence-corrected chi connectivity index (χ0v) is 17.7. The van der Waals surface area contributed by atoms with Crippen molar-refractivity contribution in [3.8, 4) is 5.75 Å². The zero-order valence-electron chi connectivity index (χ0n) is 17.7. The summed E-state index contributed by atoms with van der Waals surface area (Å²) in [6.45, 7) is 4.92. The molecule has 3 aromatic rings. The number of carbonyl (C=O) groups excluding carboxylic acids is 2. The van der Waals surface area contributed by atoms with Crippen LogP contribution in [-0.2, 0) is 20.8 Å². The van der Waals surface area contributed by atoms with Crippen LogP contribution in [0, 0.1) is 13.8 Å². The van der Waals surface area contributed by atoms with Gasteiger partial charge in [-0.1, -0.05) is 13.0 Å². The van der Waals surface area contributed by atoms with Crippen molar-refractivity contribution in [2.45, 2.75) is 27.2 Å². The lowest BCUT2D eigenvalue weighted by molar-refractivity contribution is -0.123. The molecule has 0 unspecified atom stereocenters. The van der Waals surface area contributed by atoms with Gasteiger partial charge < -0.3 is 9.84 Å². The SMILES string of the molecule is CCc1c(C)nc2nc(NC(=O)CN3C(=O)COc4ccc(C)cc43)[nH]n2c1=O.O=CO. The van der Waals surface area contributed by atoms with Crippen LogP contribution >= 0.6 is 0 Å². The Hall–Kier alpha value is -4.22. The Morgan fingerprint density at radius 3 is 2.72 bits per heavy atom. The summed E-state index contributed by atoms with van der Waals surface area (Å²) in [6, 6.07) is 5.44. The molecule has 3 heterocycles. The molecule has 0 spiro atoms. The molecule has 4 rings (SSSR count). The number of anilines is 2. The number of carbonyl (C=O) groups is 3. The molecule has 3 N–H and O–H groups in total. The number of ether oxygens (including phenoxy) is 1. The van der Waals surface area contributed by atoms with Crippen LogP contribution in [-0.4, -0.2) is 56.1 Å². The zero-order chi connectivity index (χ0) is 23.4. The van der Waals surface area contributed by atoms with Gasteiger partial charge in [-0.15, -0.1) is 0 Å². The molecule has 12 nitrogen and oxygen atoms in total. The monoisotopic (exact) mass is 442 g/mol. The Labute approximate surface area is 181 Å². The molecule has 12 heteroatoms. The fourth-order valence-electron chi connectivity index (χ4n) is 3.32. The number of carboxylic acid groups (broad SMARTS) is 1. The predicted octanol–water partition coefficient (Wildman–Crippen LogP) is 0.662. The van der Waals surface area contributed by atoms with Crippen LogP contribution < -0.4 is 20.5 Å². The van der Waals surface area contributed by atoms with Crippen molar-refractivity contribution in [3.05, 3.63) is 45.4 Å². The summed E-state index contributed by atoms with van der Waals surface area (Å²) in [6.07, 6.45) is 0.541. The Bertz CT molecular complexity index is 1250. The van der Waals surface area contributed by atoms with Gasteiger partial charge in [0, 0.05) is 5.56 Å². The quantitative estimate of drug-likeness (QED) is 0.497. The van der Waals surface area contributed by atoms with Crippen LogP contribution in [0.25, 0.3) is 5.78 Å². The highest BCUT2D eigenvalue weighted by atomic mass is 16.5. The number of hydrogen-bond acceptors (Lipinski definition) is 7. The van der Waals surface area contributed by atoms with Gasteiger partial charge in [-0.2, -0.15) is 9.50 Å². The number of benzene rings is 1. The van der Waals surface area contributed by atoms with E-state index < -0.39 is 5.91 Å². The number of aromatic amines is 1. The minimum Gasteiger partial charge on any atom is -0.483 e. The molecule has 2 aromatic heterocycles. The number of hydrogen-bond donors (Lipinski definition) is 3. The molecule has 0 aliphatic carbocycles. The minimum atomic E-state index is -0.466. The standard InChI is InChI=1S/C19H20N6O4.CH2O2/c1-4-12-11(3)20-19-22-18(23-25(19)17(12)28)21-15(26)8-24-13-7-10(2)5-6-14(13)29-9-16(24)27;2-1-3/h5-7H,4,8-9H2,1-3H3,(H2,20,21,22,23,26);1H,(H,2,3). The van der Waals surface area contributed by atoms with E-state index in [1.807, 2.05) is 19.9 Å². The van der Waals surface area contributed by atoms with Gasteiger partial charge in [0.15, 0.2) is 6.61 Å². The molecule has 2 amide bonds. The average molecular weight is 442 g/mol. The molecule has 0 bridgehead atoms. The van der Waals surface area contributed by atoms with E-state index in [9.17, 15) is 14.4 Å². The van der Waals surface area contributed by atoms with Crippen molar-refractivity contribution in [2.75, 3.05) is 23.4 Å². The smallest absolute Gasteiger partial charge is 0.290 e. The fourth-order valence-corrected chi connectivity index (χ4v) is 3.32. The summed E-state index contributed by atoms with van der Waals surface area (Å²) < 4.78 is 6.61. The third-order valence-corrected chi connectivity index (χ3v) is 4.77. The third-order valence-electron chi connectivity index (χ3n) is 4.77. The number of nitrogens with one attached hydrogen (secondary N) is 2. The van der Waals surface area contributed by atoms with E-state index in [-0.39, 0.29) is 42.8 Å². The first kappa shape index (κ1) is 22.5. The summed E-state index contributed by atoms with van der Waals surface area (Å²) >= 11 is 0. The van der Waals surface area contributed by atoms with Crippen molar-refractivity contribution in [1.82, 2.24) is 19.6 Å². The van der Waals surface area contributed by atoms with E-state index in [0.29, 0.717) is 29.1 Å². The van der Waals surface area contributed by atoms with Gasteiger partial charge in [0.05, 0.1) is 11.4 Å². The van der Waals surface area contributed by atoms with E-state index in [1.54, 1.807) is 19.1 Å². The van der Waals surface area contributed by atoms with Crippen LogP contribution in [0.15, 0.2) is 23.0 Å². The van der Waals surface area contributed by atoms with Crippen molar-refractivity contribution in [3.63, 3.8) is 0 Å². The van der Waals surface area contributed by atoms with Crippen molar-refractivity contribution in [2.24, 2.45) is 0 Å². The van der Waals surface area contributed by atoms with E-state index in [4.69, 9.17) is 14.6 Å². The van der Waals surface area contributed by atoms with Gasteiger partial charge in [0.25, 0.3) is 23.7 Å². The average Bonchev–Trinajstić information content (AvgIpc) is 3.13. The molecule has 168 valence electrons. The molecule has 1 aliphatic heterocycles. The maximum absolute atomic E-state index is 12.6. The van der Waals surface area contributed by atoms with Gasteiger partial charge in [-0.3, -0.25) is 34.5 Å². The number of fused-ring (bicyclic) bond motifs is 2. The maximum Gasteiger partial charge on any atom is 0.290 e. The normalized spacial score (nSPS) is 12.5. The van der Waals surface area contributed by atoms with E-state index in [0.717, 1.165) is 5.56 Å². The van der Waals surface area contributed by atoms with Crippen LogP contribution in [0.3, 0.4) is 0 Å².